The zero-order valence-corrected chi connectivity index (χ0v) is 12.3. The first-order chi connectivity index (χ1) is 9.59. The lowest BCUT2D eigenvalue weighted by atomic mass is 9.73. The fraction of sp³-hybridized carbons (Fsp3) is 0.353. The third kappa shape index (κ3) is 2.34. The van der Waals surface area contributed by atoms with Gasteiger partial charge in [-0.2, -0.15) is 0 Å². The molecule has 0 aliphatic heterocycles. The SMILES string of the molecule is CC(O)(c1cccc(Cl)c1)C1CCCc2cccnc21. The third-order valence-corrected chi connectivity index (χ3v) is 4.52. The summed E-state index contributed by atoms with van der Waals surface area (Å²) < 4.78 is 0. The fourth-order valence-electron chi connectivity index (χ4n) is 3.16. The Morgan fingerprint density at radius 2 is 2.15 bits per heavy atom. The van der Waals surface area contributed by atoms with Crippen LogP contribution in [0.5, 0.6) is 0 Å². The minimum atomic E-state index is -0.950. The highest BCUT2D eigenvalue weighted by molar-refractivity contribution is 6.30. The molecule has 3 rings (SSSR count). The summed E-state index contributed by atoms with van der Waals surface area (Å²) in [6.45, 7) is 1.87. The van der Waals surface area contributed by atoms with Crippen molar-refractivity contribution in [3.63, 3.8) is 0 Å². The Kier molecular flexibility index (Phi) is 3.53. The van der Waals surface area contributed by atoms with Crippen LogP contribution in [0.4, 0.5) is 0 Å². The molecule has 2 atom stereocenters. The van der Waals surface area contributed by atoms with Gasteiger partial charge in [0.25, 0.3) is 0 Å². The first-order valence-electron chi connectivity index (χ1n) is 7.01. The Hall–Kier alpha value is -1.38. The molecule has 0 amide bonds. The number of aromatic nitrogens is 1. The maximum Gasteiger partial charge on any atom is 0.0952 e. The van der Waals surface area contributed by atoms with Crippen molar-refractivity contribution in [1.82, 2.24) is 4.98 Å². The van der Waals surface area contributed by atoms with Crippen LogP contribution in [-0.4, -0.2) is 10.1 Å². The van der Waals surface area contributed by atoms with E-state index in [1.54, 1.807) is 0 Å². The van der Waals surface area contributed by atoms with Gasteiger partial charge in [0.05, 0.1) is 5.60 Å². The first-order valence-corrected chi connectivity index (χ1v) is 7.39. The molecule has 1 heterocycles. The van der Waals surface area contributed by atoms with Crippen LogP contribution >= 0.6 is 11.6 Å². The Morgan fingerprint density at radius 3 is 2.95 bits per heavy atom. The van der Waals surface area contributed by atoms with Gasteiger partial charge in [-0.1, -0.05) is 29.8 Å². The summed E-state index contributed by atoms with van der Waals surface area (Å²) in [6.07, 6.45) is 4.89. The van der Waals surface area contributed by atoms with Gasteiger partial charge in [0.1, 0.15) is 0 Å². The van der Waals surface area contributed by atoms with E-state index in [4.69, 9.17) is 11.6 Å². The van der Waals surface area contributed by atoms with E-state index in [1.807, 2.05) is 43.5 Å². The molecule has 0 radical (unpaired) electrons. The summed E-state index contributed by atoms with van der Waals surface area (Å²) in [5, 5.41) is 11.7. The normalized spacial score (nSPS) is 21.1. The lowest BCUT2D eigenvalue weighted by Gasteiger charge is -2.36. The highest BCUT2D eigenvalue weighted by Crippen LogP contribution is 2.43. The molecule has 1 aliphatic rings. The van der Waals surface area contributed by atoms with Crippen LogP contribution in [0.25, 0.3) is 0 Å². The predicted molar refractivity (Wildman–Crippen MR) is 80.9 cm³/mol. The topological polar surface area (TPSA) is 33.1 Å². The Bertz CT molecular complexity index is 624. The third-order valence-electron chi connectivity index (χ3n) is 4.28. The van der Waals surface area contributed by atoms with E-state index in [-0.39, 0.29) is 5.92 Å². The van der Waals surface area contributed by atoms with Crippen LogP contribution in [0, 0.1) is 0 Å². The number of nitrogens with zero attached hydrogens (tertiary/aromatic N) is 1. The van der Waals surface area contributed by atoms with Crippen LogP contribution in [0.15, 0.2) is 42.6 Å². The van der Waals surface area contributed by atoms with E-state index in [2.05, 4.69) is 11.1 Å². The number of hydrogen-bond donors (Lipinski definition) is 1. The molecule has 0 spiro atoms. The van der Waals surface area contributed by atoms with Crippen LogP contribution in [0.3, 0.4) is 0 Å². The second-order valence-corrected chi connectivity index (χ2v) is 6.09. The molecule has 2 unspecified atom stereocenters. The maximum atomic E-state index is 11.1. The summed E-state index contributed by atoms with van der Waals surface area (Å²) in [5.41, 5.74) is 2.19. The van der Waals surface area contributed by atoms with Crippen molar-refractivity contribution in [2.24, 2.45) is 0 Å². The molecule has 1 aromatic carbocycles. The first kappa shape index (κ1) is 13.6. The van der Waals surface area contributed by atoms with Gasteiger partial charge < -0.3 is 5.11 Å². The second kappa shape index (κ2) is 5.19. The Morgan fingerprint density at radius 1 is 1.30 bits per heavy atom. The molecule has 0 saturated heterocycles. The van der Waals surface area contributed by atoms with Crippen molar-refractivity contribution in [3.8, 4) is 0 Å². The van der Waals surface area contributed by atoms with Crippen LogP contribution in [-0.2, 0) is 12.0 Å². The molecule has 20 heavy (non-hydrogen) atoms. The summed E-state index contributed by atoms with van der Waals surface area (Å²) >= 11 is 6.06. The summed E-state index contributed by atoms with van der Waals surface area (Å²) in [6, 6.07) is 11.6. The van der Waals surface area contributed by atoms with Gasteiger partial charge in [-0.25, -0.2) is 0 Å². The quantitative estimate of drug-likeness (QED) is 0.903. The van der Waals surface area contributed by atoms with Crippen molar-refractivity contribution in [2.45, 2.75) is 37.7 Å². The van der Waals surface area contributed by atoms with Crippen LogP contribution in [0.2, 0.25) is 5.02 Å². The lowest BCUT2D eigenvalue weighted by Crippen LogP contribution is -2.33. The van der Waals surface area contributed by atoms with E-state index in [1.165, 1.54) is 5.56 Å². The molecule has 2 nitrogen and oxygen atoms in total. The van der Waals surface area contributed by atoms with Gasteiger partial charge in [-0.05, 0) is 55.5 Å². The van der Waals surface area contributed by atoms with Gasteiger partial charge in [-0.15, -0.1) is 0 Å². The van der Waals surface area contributed by atoms with Crippen LogP contribution in [0.1, 0.15) is 42.5 Å². The molecule has 1 N–H and O–H groups in total. The lowest BCUT2D eigenvalue weighted by molar-refractivity contribution is 0.0189. The maximum absolute atomic E-state index is 11.1. The van der Waals surface area contributed by atoms with Crippen molar-refractivity contribution >= 4 is 11.6 Å². The molecule has 0 saturated carbocycles. The zero-order chi connectivity index (χ0) is 14.2. The standard InChI is InChI=1S/C17H18ClNO/c1-17(20,13-7-3-8-14(18)11-13)15-9-2-5-12-6-4-10-19-16(12)15/h3-4,6-8,10-11,15,20H,2,5,9H2,1H3. The van der Waals surface area contributed by atoms with Crippen molar-refractivity contribution in [3.05, 3.63) is 64.4 Å². The van der Waals surface area contributed by atoms with Gasteiger partial charge in [-0.3, -0.25) is 4.98 Å². The monoisotopic (exact) mass is 287 g/mol. The number of halogens is 1. The molecule has 1 aromatic heterocycles. The van der Waals surface area contributed by atoms with E-state index in [0.717, 1.165) is 30.5 Å². The summed E-state index contributed by atoms with van der Waals surface area (Å²) in [7, 11) is 0. The number of aliphatic hydroxyl groups is 1. The molecule has 0 fully saturated rings. The average Bonchev–Trinajstić information content (AvgIpc) is 2.46. The van der Waals surface area contributed by atoms with Gasteiger partial charge >= 0.3 is 0 Å². The second-order valence-electron chi connectivity index (χ2n) is 5.65. The molecule has 0 bridgehead atoms. The molecule has 104 valence electrons. The molecule has 1 aliphatic carbocycles. The number of fused-ring (bicyclic) bond motifs is 1. The highest BCUT2D eigenvalue weighted by Gasteiger charge is 2.38. The highest BCUT2D eigenvalue weighted by atomic mass is 35.5. The zero-order valence-electron chi connectivity index (χ0n) is 11.5. The van der Waals surface area contributed by atoms with E-state index >= 15 is 0 Å². The molecular weight excluding hydrogens is 270 g/mol. The average molecular weight is 288 g/mol. The molecule has 3 heteroatoms. The summed E-state index contributed by atoms with van der Waals surface area (Å²) in [4.78, 5) is 4.52. The van der Waals surface area contributed by atoms with Crippen molar-refractivity contribution in [2.75, 3.05) is 0 Å². The van der Waals surface area contributed by atoms with Crippen LogP contribution < -0.4 is 0 Å². The summed E-state index contributed by atoms with van der Waals surface area (Å²) in [5.74, 6) is 0.0194. The van der Waals surface area contributed by atoms with Gasteiger partial charge in [0.2, 0.25) is 0 Å². The largest absolute Gasteiger partial charge is 0.385 e. The number of benzene rings is 1. The molecular formula is C17H18ClNO. The van der Waals surface area contributed by atoms with Gasteiger partial charge in [0, 0.05) is 22.8 Å². The van der Waals surface area contributed by atoms with E-state index in [9.17, 15) is 5.11 Å². The minimum absolute atomic E-state index is 0.0194. The number of hydrogen-bond acceptors (Lipinski definition) is 2. The van der Waals surface area contributed by atoms with E-state index in [0.29, 0.717) is 5.02 Å². The van der Waals surface area contributed by atoms with Crippen molar-refractivity contribution < 1.29 is 5.11 Å². The van der Waals surface area contributed by atoms with E-state index < -0.39 is 5.60 Å². The predicted octanol–water partition coefficient (Wildman–Crippen LogP) is 4.06. The Labute approximate surface area is 124 Å². The number of aryl methyl sites for hydroxylation is 1. The minimum Gasteiger partial charge on any atom is -0.385 e. The molecule has 2 aromatic rings. The number of rotatable bonds is 2. The fourth-order valence-corrected chi connectivity index (χ4v) is 3.35. The van der Waals surface area contributed by atoms with Crippen molar-refractivity contribution in [1.29, 1.82) is 0 Å². The number of pyridine rings is 1. The van der Waals surface area contributed by atoms with Gasteiger partial charge in [0.15, 0.2) is 0 Å². The Balaban J connectivity index is 2.04. The smallest absolute Gasteiger partial charge is 0.0952 e.